The lowest BCUT2D eigenvalue weighted by atomic mass is 10.0. The Hall–Kier alpha value is -1.55. The van der Waals surface area contributed by atoms with Crippen molar-refractivity contribution in [3.05, 3.63) is 40.7 Å². The molecule has 0 amide bonds. The van der Waals surface area contributed by atoms with Gasteiger partial charge in [-0.3, -0.25) is 0 Å². The maximum absolute atomic E-state index is 5.11. The fourth-order valence-corrected chi connectivity index (χ4v) is 2.73. The third kappa shape index (κ3) is 3.01. The summed E-state index contributed by atoms with van der Waals surface area (Å²) in [6, 6.07) is 8.40. The van der Waals surface area contributed by atoms with Gasteiger partial charge in [-0.05, 0) is 29.5 Å². The van der Waals surface area contributed by atoms with Gasteiger partial charge >= 0.3 is 0 Å². The van der Waals surface area contributed by atoms with Gasteiger partial charge in [-0.25, -0.2) is 4.98 Å². The van der Waals surface area contributed by atoms with Crippen LogP contribution in [-0.4, -0.2) is 12.1 Å². The zero-order valence-corrected chi connectivity index (χ0v) is 11.7. The molecule has 1 unspecified atom stereocenters. The van der Waals surface area contributed by atoms with Crippen LogP contribution in [0.1, 0.15) is 24.8 Å². The molecule has 0 aliphatic heterocycles. The van der Waals surface area contributed by atoms with Crippen molar-refractivity contribution in [3.8, 4) is 5.75 Å². The first-order valence-corrected chi connectivity index (χ1v) is 6.88. The first kappa shape index (κ1) is 12.9. The van der Waals surface area contributed by atoms with Gasteiger partial charge in [0.15, 0.2) is 0 Å². The van der Waals surface area contributed by atoms with Crippen LogP contribution in [0.3, 0.4) is 0 Å². The molecule has 0 aromatic carbocycles. The summed E-state index contributed by atoms with van der Waals surface area (Å²) in [6.45, 7) is 4.42. The summed E-state index contributed by atoms with van der Waals surface area (Å²) < 4.78 is 5.11. The molecule has 18 heavy (non-hydrogen) atoms. The third-order valence-corrected chi connectivity index (χ3v) is 3.75. The smallest absolute Gasteiger partial charge is 0.137 e. The van der Waals surface area contributed by atoms with Gasteiger partial charge in [-0.1, -0.05) is 19.9 Å². The molecule has 0 fully saturated rings. The molecule has 0 aliphatic rings. The Morgan fingerprint density at radius 3 is 2.61 bits per heavy atom. The van der Waals surface area contributed by atoms with Crippen molar-refractivity contribution in [2.24, 2.45) is 5.92 Å². The highest BCUT2D eigenvalue weighted by molar-refractivity contribution is 7.10. The van der Waals surface area contributed by atoms with Crippen LogP contribution in [0.15, 0.2) is 35.8 Å². The fourth-order valence-electron chi connectivity index (χ4n) is 1.78. The number of pyridine rings is 1. The molecular weight excluding hydrogens is 244 g/mol. The number of thiophene rings is 1. The van der Waals surface area contributed by atoms with Crippen LogP contribution in [0.5, 0.6) is 5.75 Å². The monoisotopic (exact) mass is 262 g/mol. The number of anilines is 1. The minimum atomic E-state index is 0.297. The lowest BCUT2D eigenvalue weighted by Crippen LogP contribution is -2.16. The third-order valence-electron chi connectivity index (χ3n) is 2.79. The van der Waals surface area contributed by atoms with E-state index in [-0.39, 0.29) is 0 Å². The van der Waals surface area contributed by atoms with Crippen LogP contribution >= 0.6 is 11.3 Å². The maximum Gasteiger partial charge on any atom is 0.137 e. The largest absolute Gasteiger partial charge is 0.495 e. The van der Waals surface area contributed by atoms with Crippen LogP contribution in [0.2, 0.25) is 0 Å². The molecule has 96 valence electrons. The molecule has 0 aliphatic carbocycles. The summed E-state index contributed by atoms with van der Waals surface area (Å²) in [7, 11) is 1.65. The van der Waals surface area contributed by atoms with Gasteiger partial charge in [-0.15, -0.1) is 11.3 Å². The van der Waals surface area contributed by atoms with Crippen molar-refractivity contribution in [3.63, 3.8) is 0 Å². The van der Waals surface area contributed by atoms with E-state index in [0.29, 0.717) is 12.0 Å². The van der Waals surface area contributed by atoms with E-state index in [2.05, 4.69) is 41.7 Å². The van der Waals surface area contributed by atoms with E-state index in [0.717, 1.165) is 11.6 Å². The Bertz CT molecular complexity index is 465. The van der Waals surface area contributed by atoms with E-state index in [1.807, 2.05) is 12.1 Å². The molecule has 1 N–H and O–H groups in total. The van der Waals surface area contributed by atoms with E-state index in [1.54, 1.807) is 24.6 Å². The zero-order chi connectivity index (χ0) is 13.0. The van der Waals surface area contributed by atoms with Crippen molar-refractivity contribution in [1.29, 1.82) is 0 Å². The van der Waals surface area contributed by atoms with Gasteiger partial charge in [0.25, 0.3) is 0 Å². The number of nitrogens with zero attached hydrogens (tertiary/aromatic N) is 1. The van der Waals surface area contributed by atoms with Gasteiger partial charge in [0, 0.05) is 4.88 Å². The number of rotatable bonds is 5. The van der Waals surface area contributed by atoms with Crippen molar-refractivity contribution >= 4 is 17.2 Å². The van der Waals surface area contributed by atoms with Crippen molar-refractivity contribution in [2.75, 3.05) is 12.4 Å². The van der Waals surface area contributed by atoms with Crippen LogP contribution < -0.4 is 10.1 Å². The Morgan fingerprint density at radius 2 is 2.11 bits per heavy atom. The minimum absolute atomic E-state index is 0.297. The number of nitrogens with one attached hydrogen (secondary N) is 1. The summed E-state index contributed by atoms with van der Waals surface area (Å²) in [4.78, 5) is 5.69. The predicted octanol–water partition coefficient (Wildman–Crippen LogP) is 3.96. The van der Waals surface area contributed by atoms with E-state index >= 15 is 0 Å². The number of ether oxygens (including phenoxy) is 1. The molecule has 0 saturated heterocycles. The summed E-state index contributed by atoms with van der Waals surface area (Å²) in [5.74, 6) is 2.16. The summed E-state index contributed by atoms with van der Waals surface area (Å²) in [6.07, 6.45) is 1.73. The van der Waals surface area contributed by atoms with Crippen LogP contribution in [0, 0.1) is 5.92 Å². The number of aromatic nitrogens is 1. The van der Waals surface area contributed by atoms with Crippen LogP contribution in [0.4, 0.5) is 5.82 Å². The molecule has 0 radical (unpaired) electrons. The highest BCUT2D eigenvalue weighted by Crippen LogP contribution is 2.29. The Balaban J connectivity index is 2.13. The zero-order valence-electron chi connectivity index (χ0n) is 10.9. The second kappa shape index (κ2) is 5.87. The van der Waals surface area contributed by atoms with Crippen LogP contribution in [0.25, 0.3) is 0 Å². The van der Waals surface area contributed by atoms with Crippen molar-refractivity contribution in [2.45, 2.75) is 19.9 Å². The topological polar surface area (TPSA) is 34.1 Å². The van der Waals surface area contributed by atoms with Crippen LogP contribution in [-0.2, 0) is 0 Å². The number of hydrogen-bond acceptors (Lipinski definition) is 4. The summed E-state index contributed by atoms with van der Waals surface area (Å²) >= 11 is 1.77. The lowest BCUT2D eigenvalue weighted by Gasteiger charge is -2.21. The first-order valence-electron chi connectivity index (χ1n) is 6.00. The Labute approximate surface area is 112 Å². The van der Waals surface area contributed by atoms with Gasteiger partial charge in [-0.2, -0.15) is 0 Å². The second-order valence-electron chi connectivity index (χ2n) is 4.46. The SMILES string of the molecule is COc1ccc(NC(c2cccs2)C(C)C)nc1. The Kier molecular flexibility index (Phi) is 4.20. The first-order chi connectivity index (χ1) is 8.70. The molecule has 0 saturated carbocycles. The number of hydrogen-bond donors (Lipinski definition) is 1. The molecular formula is C14H18N2OS. The van der Waals surface area contributed by atoms with Gasteiger partial charge in [0.05, 0.1) is 19.3 Å². The fraction of sp³-hybridized carbons (Fsp3) is 0.357. The molecule has 2 aromatic heterocycles. The molecule has 2 rings (SSSR count). The average molecular weight is 262 g/mol. The van der Waals surface area contributed by atoms with E-state index < -0.39 is 0 Å². The van der Waals surface area contributed by atoms with Gasteiger partial charge in [0.1, 0.15) is 11.6 Å². The lowest BCUT2D eigenvalue weighted by molar-refractivity contribution is 0.413. The average Bonchev–Trinajstić information content (AvgIpc) is 2.90. The molecule has 3 nitrogen and oxygen atoms in total. The summed E-state index contributed by atoms with van der Waals surface area (Å²) in [5, 5.41) is 5.58. The van der Waals surface area contributed by atoms with E-state index in [9.17, 15) is 0 Å². The van der Waals surface area contributed by atoms with Gasteiger partial charge < -0.3 is 10.1 Å². The number of methoxy groups -OCH3 is 1. The highest BCUT2D eigenvalue weighted by atomic mass is 32.1. The molecule has 0 bridgehead atoms. The molecule has 0 spiro atoms. The van der Waals surface area contributed by atoms with Gasteiger partial charge in [0.2, 0.25) is 0 Å². The summed E-state index contributed by atoms with van der Waals surface area (Å²) in [5.41, 5.74) is 0. The Morgan fingerprint density at radius 1 is 1.28 bits per heavy atom. The minimum Gasteiger partial charge on any atom is -0.495 e. The predicted molar refractivity (Wildman–Crippen MR) is 76.3 cm³/mol. The molecule has 4 heteroatoms. The molecule has 2 heterocycles. The van der Waals surface area contributed by atoms with E-state index in [4.69, 9.17) is 4.74 Å². The van der Waals surface area contributed by atoms with Crippen molar-refractivity contribution in [1.82, 2.24) is 4.98 Å². The second-order valence-corrected chi connectivity index (χ2v) is 5.44. The quantitative estimate of drug-likeness (QED) is 0.885. The molecule has 1 atom stereocenters. The standard InChI is InChI=1S/C14H18N2OS/c1-10(2)14(12-5-4-8-18-12)16-13-7-6-11(17-3)9-15-13/h4-10,14H,1-3H3,(H,15,16). The maximum atomic E-state index is 5.11. The molecule has 2 aromatic rings. The normalized spacial score (nSPS) is 12.4. The highest BCUT2D eigenvalue weighted by Gasteiger charge is 2.16. The van der Waals surface area contributed by atoms with E-state index in [1.165, 1.54) is 4.88 Å². The van der Waals surface area contributed by atoms with Crippen molar-refractivity contribution < 1.29 is 4.74 Å².